The van der Waals surface area contributed by atoms with Gasteiger partial charge in [0.05, 0.1) is 14.2 Å². The standard InChI is InChI=1S/C39H33N2O2S3.F6P/c1-4-40-34-7-5-6-8-36(34)46-39(40)26-22-33-21-23-37(44-33)38-25-24-35(45-38)27-9-11-28(12-10-27)41(29-13-17-31(42-2)18-14-29)30-15-19-32(43-3)20-16-30;1-7(2,3,4,5)6/h5-26H,4H2,1-3H3;/q+1;-1. The second-order valence-electron chi connectivity index (χ2n) is 11.6. The van der Waals surface area contributed by atoms with Crippen molar-refractivity contribution in [3.8, 4) is 31.7 Å². The minimum absolute atomic E-state index is 0.831. The van der Waals surface area contributed by atoms with Gasteiger partial charge in [0.25, 0.3) is 5.01 Å². The van der Waals surface area contributed by atoms with Gasteiger partial charge in [0, 0.05) is 48.7 Å². The van der Waals surface area contributed by atoms with Crippen molar-refractivity contribution in [1.82, 2.24) is 0 Å². The molecular weight excluding hydrogens is 770 g/mol. The van der Waals surface area contributed by atoms with Gasteiger partial charge in [-0.15, -0.1) is 22.7 Å². The van der Waals surface area contributed by atoms with E-state index in [1.807, 2.05) is 58.3 Å². The molecule has 0 aliphatic heterocycles. The van der Waals surface area contributed by atoms with Crippen molar-refractivity contribution in [3.63, 3.8) is 0 Å². The van der Waals surface area contributed by atoms with E-state index >= 15 is 0 Å². The van der Waals surface area contributed by atoms with Crippen LogP contribution in [0.3, 0.4) is 0 Å². The third-order valence-corrected chi connectivity index (χ3v) is 11.4. The summed E-state index contributed by atoms with van der Waals surface area (Å²) in [6, 6.07) is 42.6. The van der Waals surface area contributed by atoms with Crippen molar-refractivity contribution in [2.24, 2.45) is 0 Å². The molecule has 0 fully saturated rings. The Kier molecular flexibility index (Phi) is 10.5. The molecule has 14 heteroatoms. The summed E-state index contributed by atoms with van der Waals surface area (Å²) in [4.78, 5) is 7.32. The predicted octanol–water partition coefficient (Wildman–Crippen LogP) is 14.7. The summed E-state index contributed by atoms with van der Waals surface area (Å²) in [5.74, 6) is 1.66. The Morgan fingerprint density at radius 2 is 1.08 bits per heavy atom. The quantitative estimate of drug-likeness (QED) is 0.0782. The number of fused-ring (bicyclic) bond motifs is 1. The zero-order valence-electron chi connectivity index (χ0n) is 28.6. The first-order valence-corrected chi connectivity index (χ1v) is 20.6. The van der Waals surface area contributed by atoms with Gasteiger partial charge in [0.15, 0.2) is 0 Å². The van der Waals surface area contributed by atoms with Crippen LogP contribution in [-0.2, 0) is 6.54 Å². The van der Waals surface area contributed by atoms with E-state index in [0.29, 0.717) is 0 Å². The van der Waals surface area contributed by atoms with Gasteiger partial charge in [0.2, 0.25) is 5.52 Å². The van der Waals surface area contributed by atoms with Crippen LogP contribution in [0.25, 0.3) is 42.6 Å². The number of benzene rings is 4. The fourth-order valence-electron chi connectivity index (χ4n) is 5.54. The Bertz CT molecular complexity index is 2300. The molecule has 0 amide bonds. The number of thiazole rings is 1. The Labute approximate surface area is 314 Å². The fraction of sp³-hybridized carbons (Fsp3) is 0.103. The Morgan fingerprint density at radius 3 is 1.62 bits per heavy atom. The van der Waals surface area contributed by atoms with Gasteiger partial charge in [-0.25, -0.2) is 0 Å². The molecule has 3 aromatic heterocycles. The van der Waals surface area contributed by atoms with Crippen molar-refractivity contribution >= 4 is 81.2 Å². The summed E-state index contributed by atoms with van der Waals surface area (Å²) in [6.07, 6.45) is 4.50. The van der Waals surface area contributed by atoms with Crippen LogP contribution in [0.5, 0.6) is 11.5 Å². The van der Waals surface area contributed by atoms with Crippen LogP contribution in [-0.4, -0.2) is 14.2 Å². The number of methoxy groups -OCH3 is 2. The molecule has 3 heterocycles. The van der Waals surface area contributed by atoms with Crippen molar-refractivity contribution in [1.29, 1.82) is 0 Å². The summed E-state index contributed by atoms with van der Waals surface area (Å²) in [6.45, 7) is 3.17. The number of anilines is 3. The maximum atomic E-state index is 9.87. The van der Waals surface area contributed by atoms with Gasteiger partial charge in [-0.1, -0.05) is 35.6 Å². The van der Waals surface area contributed by atoms with Crippen LogP contribution < -0.4 is 18.9 Å². The van der Waals surface area contributed by atoms with Crippen molar-refractivity contribution in [2.45, 2.75) is 13.5 Å². The predicted molar refractivity (Wildman–Crippen MR) is 211 cm³/mol. The van der Waals surface area contributed by atoms with Crippen LogP contribution in [0.4, 0.5) is 42.2 Å². The third kappa shape index (κ3) is 10.3. The molecule has 0 unspecified atom stereocenters. The molecule has 0 N–H and O–H groups in total. The van der Waals surface area contributed by atoms with Crippen LogP contribution in [0.1, 0.15) is 16.8 Å². The van der Waals surface area contributed by atoms with Gasteiger partial charge < -0.3 is 14.4 Å². The van der Waals surface area contributed by atoms with E-state index in [1.54, 1.807) is 14.2 Å². The average Bonchev–Trinajstić information content (AvgIpc) is 3.89. The molecule has 0 bridgehead atoms. The first-order valence-electron chi connectivity index (χ1n) is 16.1. The second kappa shape index (κ2) is 14.6. The molecule has 0 saturated heterocycles. The molecule has 7 aromatic rings. The van der Waals surface area contributed by atoms with E-state index in [2.05, 4.69) is 126 Å². The molecule has 0 saturated carbocycles. The molecule has 4 aromatic carbocycles. The first-order chi connectivity index (χ1) is 25.1. The molecule has 0 radical (unpaired) electrons. The van der Waals surface area contributed by atoms with Crippen LogP contribution in [0.15, 0.2) is 121 Å². The molecule has 0 aliphatic rings. The summed E-state index contributed by atoms with van der Waals surface area (Å²) in [7, 11) is -7.28. The van der Waals surface area contributed by atoms with E-state index < -0.39 is 7.81 Å². The molecule has 0 atom stereocenters. The van der Waals surface area contributed by atoms with Gasteiger partial charge in [-0.05, 0) is 110 Å². The number of para-hydroxylation sites is 1. The molecule has 0 spiro atoms. The van der Waals surface area contributed by atoms with E-state index in [0.717, 1.165) is 35.1 Å². The zero-order chi connectivity index (χ0) is 37.9. The van der Waals surface area contributed by atoms with Crippen molar-refractivity contribution < 1.29 is 39.2 Å². The normalized spacial score (nSPS) is 12.9. The number of hydrogen-bond acceptors (Lipinski definition) is 6. The maximum absolute atomic E-state index is 10.7. The SMILES string of the molecule is CC[n+]1c(/C=C/c2ccc(-c3ccc(-c4ccc(N(c5ccc(OC)cc5)c5ccc(OC)cc5)cc4)s3)s2)sc2ccccc21.F[P-](F)(F)(F)(F)F. The topological polar surface area (TPSA) is 25.6 Å². The Hall–Kier alpha value is -4.68. The summed E-state index contributed by atoms with van der Waals surface area (Å²) in [5.41, 5.74) is 5.69. The van der Waals surface area contributed by atoms with E-state index in [9.17, 15) is 25.2 Å². The van der Waals surface area contributed by atoms with Gasteiger partial charge >= 0.3 is 33.0 Å². The van der Waals surface area contributed by atoms with Gasteiger partial charge in [0.1, 0.15) is 22.7 Å². The Balaban J connectivity index is 0.000000626. The number of thiophene rings is 2. The average molecular weight is 803 g/mol. The molecule has 53 heavy (non-hydrogen) atoms. The molecule has 7 rings (SSSR count). The third-order valence-electron chi connectivity index (χ3n) is 7.89. The molecule has 4 nitrogen and oxygen atoms in total. The van der Waals surface area contributed by atoms with E-state index in [1.165, 1.54) is 40.3 Å². The Morgan fingerprint density at radius 1 is 0.585 bits per heavy atom. The number of aryl methyl sites for hydroxylation is 1. The van der Waals surface area contributed by atoms with Gasteiger partial charge in [-0.2, -0.15) is 4.57 Å². The van der Waals surface area contributed by atoms with Gasteiger partial charge in [-0.3, -0.25) is 0 Å². The van der Waals surface area contributed by atoms with E-state index in [4.69, 9.17) is 9.47 Å². The summed E-state index contributed by atoms with van der Waals surface area (Å²) < 4.78 is 73.7. The molecule has 0 aliphatic carbocycles. The first kappa shape index (κ1) is 38.1. The summed E-state index contributed by atoms with van der Waals surface area (Å²) in [5, 5.41) is 1.28. The van der Waals surface area contributed by atoms with E-state index in [-0.39, 0.29) is 0 Å². The second-order valence-corrected chi connectivity index (χ2v) is 16.8. The monoisotopic (exact) mass is 802 g/mol. The van der Waals surface area contributed by atoms with Crippen LogP contribution >= 0.6 is 41.8 Å². The summed E-state index contributed by atoms with van der Waals surface area (Å²) >= 11 is 5.51. The van der Waals surface area contributed by atoms with Crippen LogP contribution in [0.2, 0.25) is 0 Å². The minimum atomic E-state index is -10.7. The number of rotatable bonds is 10. The van der Waals surface area contributed by atoms with Crippen molar-refractivity contribution in [3.05, 3.63) is 131 Å². The number of hydrogen-bond donors (Lipinski definition) is 0. The number of halogens is 6. The number of ether oxygens (including phenoxy) is 2. The molecule has 276 valence electrons. The zero-order valence-corrected chi connectivity index (χ0v) is 31.9. The van der Waals surface area contributed by atoms with Crippen LogP contribution in [0, 0.1) is 0 Å². The number of aromatic nitrogens is 1. The van der Waals surface area contributed by atoms with Crippen molar-refractivity contribution in [2.75, 3.05) is 19.1 Å². The fourth-order valence-corrected chi connectivity index (χ4v) is 8.68. The molecular formula is C39H33F6N2O2PS3. The number of nitrogens with zero attached hydrogens (tertiary/aromatic N) is 2.